The van der Waals surface area contributed by atoms with Crippen molar-refractivity contribution in [2.75, 3.05) is 18.9 Å². The summed E-state index contributed by atoms with van der Waals surface area (Å²) in [4.78, 5) is 34.0. The van der Waals surface area contributed by atoms with Crippen molar-refractivity contribution in [2.45, 2.75) is 6.92 Å². The van der Waals surface area contributed by atoms with E-state index >= 15 is 0 Å². The average Bonchev–Trinajstić information content (AvgIpc) is 2.65. The van der Waals surface area contributed by atoms with E-state index in [0.717, 1.165) is 0 Å². The highest BCUT2D eigenvalue weighted by atomic mass is 16.4. The lowest BCUT2D eigenvalue weighted by Crippen LogP contribution is -2.33. The van der Waals surface area contributed by atoms with Crippen LogP contribution in [0.15, 0.2) is 6.07 Å². The van der Waals surface area contributed by atoms with Crippen molar-refractivity contribution in [2.24, 2.45) is 0 Å². The first-order valence-electron chi connectivity index (χ1n) is 4.70. The van der Waals surface area contributed by atoms with E-state index in [0.29, 0.717) is 0 Å². The second-order valence-corrected chi connectivity index (χ2v) is 3.40. The molecule has 1 aromatic rings. The fourth-order valence-electron chi connectivity index (χ4n) is 1.00. The number of hydrogen-bond donors (Lipinski definition) is 3. The predicted molar refractivity (Wildman–Crippen MR) is 57.5 cm³/mol. The fraction of sp³-hybridized carbons (Fsp3) is 0.333. The Balaban J connectivity index is 2.56. The summed E-state index contributed by atoms with van der Waals surface area (Å²) in [6, 6.07) is 1.19. The van der Waals surface area contributed by atoms with Crippen LogP contribution >= 0.6 is 0 Å². The van der Waals surface area contributed by atoms with Gasteiger partial charge in [-0.2, -0.15) is 5.10 Å². The normalized spacial score (nSPS) is 9.76. The molecule has 0 radical (unpaired) electrons. The summed E-state index contributed by atoms with van der Waals surface area (Å²) in [5, 5.41) is 16.8. The van der Waals surface area contributed by atoms with E-state index < -0.39 is 11.9 Å². The largest absolute Gasteiger partial charge is 0.477 e. The molecule has 1 rings (SSSR count). The van der Waals surface area contributed by atoms with Gasteiger partial charge in [-0.25, -0.2) is 4.79 Å². The Kier molecular flexibility index (Phi) is 3.81. The number of nitrogens with zero attached hydrogens (tertiary/aromatic N) is 2. The maximum absolute atomic E-state index is 11.4. The van der Waals surface area contributed by atoms with Crippen LogP contribution in [0.25, 0.3) is 0 Å². The van der Waals surface area contributed by atoms with Gasteiger partial charge in [0, 0.05) is 20.0 Å². The highest BCUT2D eigenvalue weighted by molar-refractivity contribution is 5.94. The monoisotopic (exact) mass is 240 g/mol. The summed E-state index contributed by atoms with van der Waals surface area (Å²) < 4.78 is 0. The molecule has 8 nitrogen and oxygen atoms in total. The van der Waals surface area contributed by atoms with Crippen molar-refractivity contribution in [3.8, 4) is 0 Å². The van der Waals surface area contributed by atoms with Gasteiger partial charge in [-0.3, -0.25) is 14.7 Å². The summed E-state index contributed by atoms with van der Waals surface area (Å²) in [6.07, 6.45) is 0. The van der Waals surface area contributed by atoms with Crippen LogP contribution in [0, 0.1) is 0 Å². The highest BCUT2D eigenvalue weighted by Crippen LogP contribution is 2.04. The van der Waals surface area contributed by atoms with Crippen molar-refractivity contribution >= 4 is 23.6 Å². The lowest BCUT2D eigenvalue weighted by molar-refractivity contribution is -0.131. The number of nitrogens with one attached hydrogen (secondary N) is 2. The number of amides is 2. The number of hydrogen-bond acceptors (Lipinski definition) is 4. The number of H-pyrrole nitrogens is 1. The summed E-state index contributed by atoms with van der Waals surface area (Å²) in [7, 11) is 1.48. The number of likely N-dealkylation sites (N-methyl/N-ethyl adjacent to an activating group) is 1. The van der Waals surface area contributed by atoms with E-state index in [9.17, 15) is 14.4 Å². The Morgan fingerprint density at radius 2 is 2.18 bits per heavy atom. The first-order chi connectivity index (χ1) is 7.90. The first-order valence-corrected chi connectivity index (χ1v) is 4.70. The lowest BCUT2D eigenvalue weighted by Gasteiger charge is -2.13. The van der Waals surface area contributed by atoms with E-state index in [1.54, 1.807) is 0 Å². The minimum atomic E-state index is -1.17. The molecule has 0 aliphatic rings. The number of carboxylic acids is 1. The number of aromatic carboxylic acids is 1. The smallest absolute Gasteiger partial charge is 0.353 e. The molecule has 0 saturated carbocycles. The maximum Gasteiger partial charge on any atom is 0.353 e. The zero-order valence-electron chi connectivity index (χ0n) is 9.35. The van der Waals surface area contributed by atoms with Gasteiger partial charge < -0.3 is 15.3 Å². The molecule has 3 N–H and O–H groups in total. The Labute approximate surface area is 96.6 Å². The SMILES string of the molecule is CC(=O)N(C)CC(=O)Nc1cc(C(=O)O)[nH]n1. The molecule has 0 aromatic carbocycles. The Morgan fingerprint density at radius 1 is 1.53 bits per heavy atom. The maximum atomic E-state index is 11.4. The summed E-state index contributed by atoms with van der Waals surface area (Å²) in [6.45, 7) is 1.22. The van der Waals surface area contributed by atoms with Crippen LogP contribution in [0.3, 0.4) is 0 Å². The third kappa shape index (κ3) is 3.59. The molecule has 0 bridgehead atoms. The molecule has 1 heterocycles. The molecule has 17 heavy (non-hydrogen) atoms. The van der Waals surface area contributed by atoms with Crippen molar-refractivity contribution < 1.29 is 19.5 Å². The first kappa shape index (κ1) is 12.7. The number of carbonyl (C=O) groups is 3. The molecule has 0 spiro atoms. The van der Waals surface area contributed by atoms with Crippen LogP contribution in [0.1, 0.15) is 17.4 Å². The molecule has 0 atom stereocenters. The Bertz CT molecular complexity index is 454. The van der Waals surface area contributed by atoms with Gasteiger partial charge in [0.2, 0.25) is 11.8 Å². The summed E-state index contributed by atoms with van der Waals surface area (Å²) in [5.41, 5.74) is -0.125. The Morgan fingerprint density at radius 3 is 2.65 bits per heavy atom. The van der Waals surface area contributed by atoms with E-state index in [-0.39, 0.29) is 24.0 Å². The number of anilines is 1. The Hall–Kier alpha value is -2.38. The minimum Gasteiger partial charge on any atom is -0.477 e. The molecule has 2 amide bonds. The van der Waals surface area contributed by atoms with Gasteiger partial charge >= 0.3 is 5.97 Å². The summed E-state index contributed by atoms with van der Waals surface area (Å²) >= 11 is 0. The van der Waals surface area contributed by atoms with Crippen LogP contribution in [0.4, 0.5) is 5.82 Å². The van der Waals surface area contributed by atoms with Gasteiger partial charge in [0.05, 0.1) is 6.54 Å². The summed E-state index contributed by atoms with van der Waals surface area (Å²) in [5.74, 6) is -1.76. The van der Waals surface area contributed by atoms with Gasteiger partial charge in [-0.05, 0) is 0 Å². The van der Waals surface area contributed by atoms with Crippen molar-refractivity contribution in [1.29, 1.82) is 0 Å². The standard InChI is InChI=1S/C9H12N4O4/c1-5(14)13(2)4-8(15)10-7-3-6(9(16)17)11-12-7/h3H,4H2,1-2H3,(H,16,17)(H2,10,11,12,15). The van der Waals surface area contributed by atoms with Gasteiger partial charge in [0.25, 0.3) is 0 Å². The minimum absolute atomic E-state index is 0.101. The zero-order chi connectivity index (χ0) is 13.0. The van der Waals surface area contributed by atoms with E-state index in [1.165, 1.54) is 24.9 Å². The molecular formula is C9H12N4O4. The zero-order valence-corrected chi connectivity index (χ0v) is 9.35. The van der Waals surface area contributed by atoms with E-state index in [2.05, 4.69) is 15.5 Å². The third-order valence-electron chi connectivity index (χ3n) is 1.99. The average molecular weight is 240 g/mol. The molecule has 0 aliphatic heterocycles. The molecule has 0 unspecified atom stereocenters. The lowest BCUT2D eigenvalue weighted by atomic mass is 10.4. The number of carbonyl (C=O) groups excluding carboxylic acids is 2. The van der Waals surface area contributed by atoms with Gasteiger partial charge in [0.1, 0.15) is 5.69 Å². The molecule has 1 aromatic heterocycles. The highest BCUT2D eigenvalue weighted by Gasteiger charge is 2.12. The second kappa shape index (κ2) is 5.10. The number of carboxylic acid groups (broad SMARTS) is 1. The third-order valence-corrected chi connectivity index (χ3v) is 1.99. The molecule has 8 heteroatoms. The topological polar surface area (TPSA) is 115 Å². The predicted octanol–water partition coefficient (Wildman–Crippen LogP) is -0.475. The van der Waals surface area contributed by atoms with Crippen LogP contribution in [-0.4, -0.2) is 51.6 Å². The van der Waals surface area contributed by atoms with Crippen LogP contribution in [-0.2, 0) is 9.59 Å². The van der Waals surface area contributed by atoms with Gasteiger partial charge in [-0.15, -0.1) is 0 Å². The number of aromatic amines is 1. The van der Waals surface area contributed by atoms with Crippen LogP contribution in [0.5, 0.6) is 0 Å². The van der Waals surface area contributed by atoms with Gasteiger partial charge in [0.15, 0.2) is 5.82 Å². The number of rotatable bonds is 4. The molecule has 0 fully saturated rings. The van der Waals surface area contributed by atoms with E-state index in [1.807, 2.05) is 0 Å². The van der Waals surface area contributed by atoms with Crippen LogP contribution < -0.4 is 5.32 Å². The number of aromatic nitrogens is 2. The molecule has 92 valence electrons. The van der Waals surface area contributed by atoms with Crippen molar-refractivity contribution in [3.63, 3.8) is 0 Å². The van der Waals surface area contributed by atoms with Crippen molar-refractivity contribution in [1.82, 2.24) is 15.1 Å². The fourth-order valence-corrected chi connectivity index (χ4v) is 1.00. The van der Waals surface area contributed by atoms with Crippen LogP contribution in [0.2, 0.25) is 0 Å². The second-order valence-electron chi connectivity index (χ2n) is 3.40. The quantitative estimate of drug-likeness (QED) is 0.657. The molecule has 0 aliphatic carbocycles. The van der Waals surface area contributed by atoms with Crippen molar-refractivity contribution in [3.05, 3.63) is 11.8 Å². The van der Waals surface area contributed by atoms with Gasteiger partial charge in [-0.1, -0.05) is 0 Å². The van der Waals surface area contributed by atoms with E-state index in [4.69, 9.17) is 5.11 Å². The molecular weight excluding hydrogens is 228 g/mol. The molecule has 0 saturated heterocycles.